The highest BCUT2D eigenvalue weighted by atomic mass is 19.4. The lowest BCUT2D eigenvalue weighted by Crippen LogP contribution is -2.34. The van der Waals surface area contributed by atoms with Gasteiger partial charge in [0, 0.05) is 7.05 Å². The molecule has 0 spiro atoms. The van der Waals surface area contributed by atoms with Crippen LogP contribution in [0.2, 0.25) is 0 Å². The van der Waals surface area contributed by atoms with E-state index >= 15 is 0 Å². The molecule has 0 aliphatic heterocycles. The summed E-state index contributed by atoms with van der Waals surface area (Å²) < 4.78 is 45.7. The van der Waals surface area contributed by atoms with E-state index in [-0.39, 0.29) is 18.8 Å². The highest BCUT2D eigenvalue weighted by Gasteiger charge is 2.35. The molecule has 0 aliphatic rings. The molecular formula is C18H22F3N3O3. The van der Waals surface area contributed by atoms with Crippen molar-refractivity contribution in [3.8, 4) is 5.69 Å². The summed E-state index contributed by atoms with van der Waals surface area (Å²) >= 11 is 0. The number of ether oxygens (including phenoxy) is 1. The third kappa shape index (κ3) is 5.46. The summed E-state index contributed by atoms with van der Waals surface area (Å²) in [6.45, 7) is 4.80. The Morgan fingerprint density at radius 1 is 1.22 bits per heavy atom. The van der Waals surface area contributed by atoms with Gasteiger partial charge in [0.25, 0.3) is 0 Å². The maximum absolute atomic E-state index is 13.1. The van der Waals surface area contributed by atoms with Crippen LogP contribution in [0.4, 0.5) is 18.0 Å². The normalized spacial score (nSPS) is 12.1. The highest BCUT2D eigenvalue weighted by molar-refractivity contribution is 5.67. The molecule has 6 nitrogen and oxygen atoms in total. The Morgan fingerprint density at radius 3 is 2.30 bits per heavy atom. The Labute approximate surface area is 155 Å². The highest BCUT2D eigenvalue weighted by Crippen LogP contribution is 2.30. The minimum Gasteiger partial charge on any atom is -0.444 e. The third-order valence-electron chi connectivity index (χ3n) is 3.54. The van der Waals surface area contributed by atoms with Gasteiger partial charge in [0.1, 0.15) is 5.60 Å². The van der Waals surface area contributed by atoms with E-state index in [0.29, 0.717) is 11.3 Å². The van der Waals surface area contributed by atoms with Crippen molar-refractivity contribution in [3.05, 3.63) is 47.3 Å². The number of hydrogen-bond donors (Lipinski definition) is 1. The van der Waals surface area contributed by atoms with Crippen LogP contribution < -0.4 is 0 Å². The van der Waals surface area contributed by atoms with Crippen molar-refractivity contribution < 1.29 is 27.8 Å². The molecule has 2 rings (SSSR count). The summed E-state index contributed by atoms with van der Waals surface area (Å²) in [7, 11) is 1.44. The lowest BCUT2D eigenvalue weighted by Gasteiger charge is -2.24. The van der Waals surface area contributed by atoms with E-state index in [9.17, 15) is 18.0 Å². The van der Waals surface area contributed by atoms with Crippen molar-refractivity contribution in [3.63, 3.8) is 0 Å². The van der Waals surface area contributed by atoms with Crippen molar-refractivity contribution in [1.82, 2.24) is 14.7 Å². The Hall–Kier alpha value is -2.55. The largest absolute Gasteiger partial charge is 0.444 e. The zero-order valence-corrected chi connectivity index (χ0v) is 15.5. The Balaban J connectivity index is 2.36. The number of alkyl halides is 3. The third-order valence-corrected chi connectivity index (χ3v) is 3.54. The fourth-order valence-corrected chi connectivity index (χ4v) is 2.28. The van der Waals surface area contributed by atoms with Gasteiger partial charge in [0.2, 0.25) is 0 Å². The summed E-state index contributed by atoms with van der Waals surface area (Å²) in [5.41, 5.74) is -0.596. The van der Waals surface area contributed by atoms with Crippen LogP contribution >= 0.6 is 0 Å². The number of nitrogens with zero attached hydrogens (tertiary/aromatic N) is 3. The molecule has 9 heteroatoms. The first-order chi connectivity index (χ1) is 12.4. The number of hydrogen-bond acceptors (Lipinski definition) is 4. The van der Waals surface area contributed by atoms with Gasteiger partial charge in [-0.25, -0.2) is 9.48 Å². The molecule has 0 aliphatic carbocycles. The summed E-state index contributed by atoms with van der Waals surface area (Å²) in [4.78, 5) is 13.3. The van der Waals surface area contributed by atoms with Crippen LogP contribution in [0, 0.1) is 0 Å². The molecule has 0 saturated carbocycles. The molecule has 1 aromatic carbocycles. The number of aliphatic hydroxyl groups is 1. The van der Waals surface area contributed by atoms with Crippen molar-refractivity contribution in [2.24, 2.45) is 0 Å². The van der Waals surface area contributed by atoms with Gasteiger partial charge in [-0.15, -0.1) is 0 Å². The molecule has 1 amide bonds. The molecule has 1 aromatic heterocycles. The van der Waals surface area contributed by atoms with Gasteiger partial charge in [-0.1, -0.05) is 12.1 Å². The van der Waals surface area contributed by atoms with Crippen molar-refractivity contribution in [2.45, 2.75) is 45.7 Å². The second-order valence-electron chi connectivity index (χ2n) is 7.09. The predicted octanol–water partition coefficient (Wildman–Crippen LogP) is 3.75. The zero-order valence-electron chi connectivity index (χ0n) is 15.5. The maximum atomic E-state index is 13.1. The summed E-state index contributed by atoms with van der Waals surface area (Å²) in [6, 6.07) is 7.18. The monoisotopic (exact) mass is 385 g/mol. The second-order valence-corrected chi connectivity index (χ2v) is 7.09. The first kappa shape index (κ1) is 20.8. The van der Waals surface area contributed by atoms with Crippen LogP contribution in [0.25, 0.3) is 5.69 Å². The number of benzene rings is 1. The van der Waals surface area contributed by atoms with Gasteiger partial charge in [0.15, 0.2) is 5.69 Å². The number of carbonyl (C=O) groups is 1. The van der Waals surface area contributed by atoms with Crippen LogP contribution in [-0.2, 0) is 24.1 Å². The molecule has 0 unspecified atom stereocenters. The summed E-state index contributed by atoms with van der Waals surface area (Å²) in [5, 5.41) is 12.8. The Morgan fingerprint density at radius 2 is 1.81 bits per heavy atom. The average Bonchev–Trinajstić information content (AvgIpc) is 2.97. The molecule has 1 heterocycles. The number of carbonyl (C=O) groups excluding carboxylic acids is 1. The quantitative estimate of drug-likeness (QED) is 0.871. The minimum atomic E-state index is -4.62. The smallest absolute Gasteiger partial charge is 0.435 e. The molecule has 148 valence electrons. The summed E-state index contributed by atoms with van der Waals surface area (Å²) in [5.74, 6) is 0. The van der Waals surface area contributed by atoms with Gasteiger partial charge in [0.05, 0.1) is 24.5 Å². The molecule has 2 aromatic rings. The van der Waals surface area contributed by atoms with Gasteiger partial charge in [-0.05, 0) is 44.5 Å². The first-order valence-electron chi connectivity index (χ1n) is 8.21. The van der Waals surface area contributed by atoms with Crippen LogP contribution in [0.5, 0.6) is 0 Å². The lowest BCUT2D eigenvalue weighted by molar-refractivity contribution is -0.141. The van der Waals surface area contributed by atoms with E-state index in [4.69, 9.17) is 9.84 Å². The standard InChI is InChI=1S/C18H22F3N3O3/c1-17(2,3)27-16(26)23(4)10-14-9-15(18(19,20)21)22-24(14)13-7-5-12(11-25)6-8-13/h5-9,25H,10-11H2,1-4H3. The molecule has 0 atom stereocenters. The van der Waals surface area contributed by atoms with Crippen LogP contribution in [0.15, 0.2) is 30.3 Å². The van der Waals surface area contributed by atoms with Crippen molar-refractivity contribution in [2.75, 3.05) is 7.05 Å². The SMILES string of the molecule is CN(Cc1cc(C(F)(F)F)nn1-c1ccc(CO)cc1)C(=O)OC(C)(C)C. The van der Waals surface area contributed by atoms with Crippen molar-refractivity contribution in [1.29, 1.82) is 0 Å². The predicted molar refractivity (Wildman–Crippen MR) is 92.2 cm³/mol. The van der Waals surface area contributed by atoms with E-state index < -0.39 is 23.6 Å². The fraction of sp³-hybridized carbons (Fsp3) is 0.444. The van der Waals surface area contributed by atoms with Gasteiger partial charge >= 0.3 is 12.3 Å². The maximum Gasteiger partial charge on any atom is 0.435 e. The molecule has 27 heavy (non-hydrogen) atoms. The fourth-order valence-electron chi connectivity index (χ4n) is 2.28. The number of aromatic nitrogens is 2. The number of rotatable bonds is 4. The van der Waals surface area contributed by atoms with E-state index in [2.05, 4.69) is 5.10 Å². The van der Waals surface area contributed by atoms with E-state index in [1.54, 1.807) is 45.0 Å². The van der Waals surface area contributed by atoms with Crippen molar-refractivity contribution >= 4 is 6.09 Å². The van der Waals surface area contributed by atoms with E-state index in [1.165, 1.54) is 11.9 Å². The number of aliphatic hydroxyl groups excluding tert-OH is 1. The second kappa shape index (κ2) is 7.59. The molecule has 0 saturated heterocycles. The topological polar surface area (TPSA) is 67.6 Å². The van der Waals surface area contributed by atoms with Crippen LogP contribution in [0.3, 0.4) is 0 Å². The molecule has 1 N–H and O–H groups in total. The van der Waals surface area contributed by atoms with E-state index in [0.717, 1.165) is 10.7 Å². The molecule has 0 fully saturated rings. The number of halogens is 3. The molecular weight excluding hydrogens is 363 g/mol. The Kier molecular flexibility index (Phi) is 5.84. The van der Waals surface area contributed by atoms with Crippen LogP contribution in [-0.4, -0.2) is 38.5 Å². The molecule has 0 bridgehead atoms. The Bertz CT molecular complexity index is 793. The summed E-state index contributed by atoms with van der Waals surface area (Å²) in [6.07, 6.45) is -5.27. The number of amides is 1. The average molecular weight is 385 g/mol. The van der Waals surface area contributed by atoms with Crippen LogP contribution in [0.1, 0.15) is 37.7 Å². The van der Waals surface area contributed by atoms with Gasteiger partial charge in [-0.3, -0.25) is 0 Å². The molecule has 0 radical (unpaired) electrons. The van der Waals surface area contributed by atoms with Gasteiger partial charge in [-0.2, -0.15) is 18.3 Å². The first-order valence-corrected chi connectivity index (χ1v) is 8.21. The van der Waals surface area contributed by atoms with Gasteiger partial charge < -0.3 is 14.7 Å². The lowest BCUT2D eigenvalue weighted by atomic mass is 10.2. The van der Waals surface area contributed by atoms with E-state index in [1.807, 2.05) is 0 Å². The zero-order chi connectivity index (χ0) is 20.4. The minimum absolute atomic E-state index is 0.125.